The molecule has 0 aromatic carbocycles. The highest BCUT2D eigenvalue weighted by atomic mass is 19.3. The zero-order valence-electron chi connectivity index (χ0n) is 10.5. The van der Waals surface area contributed by atoms with Crippen LogP contribution >= 0.6 is 0 Å². The Morgan fingerprint density at radius 1 is 1.47 bits per heavy atom. The van der Waals surface area contributed by atoms with E-state index in [1.54, 1.807) is 6.92 Å². The van der Waals surface area contributed by atoms with E-state index >= 15 is 0 Å². The van der Waals surface area contributed by atoms with Gasteiger partial charge in [-0.05, 0) is 13.3 Å². The molecule has 0 aliphatic rings. The average molecular weight is 252 g/mol. The topological polar surface area (TPSA) is 52.6 Å². The minimum absolute atomic E-state index is 0.0761. The van der Waals surface area contributed by atoms with Gasteiger partial charge in [0.25, 0.3) is 6.43 Å². The summed E-state index contributed by atoms with van der Waals surface area (Å²) in [6.07, 6.45) is -0.674. The first-order chi connectivity index (χ1) is 8.02. The number of hydrogen-bond acceptors (Lipinski definition) is 3. The number of rotatable bonds is 9. The average Bonchev–Trinajstić information content (AvgIpc) is 2.27. The van der Waals surface area contributed by atoms with Crippen LogP contribution in [0.1, 0.15) is 26.7 Å². The van der Waals surface area contributed by atoms with E-state index < -0.39 is 19.0 Å². The third-order valence-corrected chi connectivity index (χ3v) is 2.52. The maximum Gasteiger partial charge on any atom is 0.251 e. The van der Waals surface area contributed by atoms with Crippen molar-refractivity contribution in [1.29, 1.82) is 0 Å². The molecule has 0 saturated heterocycles. The molecule has 1 unspecified atom stereocenters. The number of nitrogens with one attached hydrogen (secondary N) is 1. The summed E-state index contributed by atoms with van der Waals surface area (Å²) < 4.78 is 24.6. The predicted octanol–water partition coefficient (Wildman–Crippen LogP) is 0.851. The van der Waals surface area contributed by atoms with Gasteiger partial charge in [0.05, 0.1) is 19.2 Å². The molecule has 2 N–H and O–H groups in total. The van der Waals surface area contributed by atoms with Gasteiger partial charge in [0.1, 0.15) is 0 Å². The number of alkyl halides is 2. The summed E-state index contributed by atoms with van der Waals surface area (Å²) in [6, 6.07) is -0.645. The lowest BCUT2D eigenvalue weighted by Gasteiger charge is -2.27. The molecule has 102 valence electrons. The molecule has 0 rings (SSSR count). The quantitative estimate of drug-likeness (QED) is 0.598. The Bertz CT molecular complexity index is 216. The maximum absolute atomic E-state index is 12.3. The van der Waals surface area contributed by atoms with E-state index in [4.69, 9.17) is 5.11 Å². The smallest absolute Gasteiger partial charge is 0.251 e. The lowest BCUT2D eigenvalue weighted by Crippen LogP contribution is -2.48. The highest BCUT2D eigenvalue weighted by Crippen LogP contribution is 2.04. The van der Waals surface area contributed by atoms with Gasteiger partial charge in [-0.2, -0.15) is 0 Å². The molecule has 0 aliphatic carbocycles. The molecule has 0 bridgehead atoms. The van der Waals surface area contributed by atoms with Crippen LogP contribution in [0.5, 0.6) is 0 Å². The third kappa shape index (κ3) is 7.23. The molecule has 0 fully saturated rings. The van der Waals surface area contributed by atoms with Crippen molar-refractivity contribution in [3.05, 3.63) is 0 Å². The molecule has 0 aromatic heterocycles. The first-order valence-electron chi connectivity index (χ1n) is 5.93. The highest BCUT2D eigenvalue weighted by Gasteiger charge is 2.23. The first-order valence-corrected chi connectivity index (χ1v) is 5.93. The summed E-state index contributed by atoms with van der Waals surface area (Å²) in [5.41, 5.74) is 0. The van der Waals surface area contributed by atoms with E-state index in [2.05, 4.69) is 5.32 Å². The van der Waals surface area contributed by atoms with Gasteiger partial charge in [0, 0.05) is 13.1 Å². The minimum atomic E-state index is -2.51. The molecule has 0 radical (unpaired) electrons. The Hall–Kier alpha value is -0.750. The lowest BCUT2D eigenvalue weighted by atomic mass is 10.2. The molecule has 0 spiro atoms. The van der Waals surface area contributed by atoms with Crippen LogP contribution in [0.4, 0.5) is 8.78 Å². The van der Waals surface area contributed by atoms with E-state index in [-0.39, 0.29) is 19.1 Å². The molecule has 0 aliphatic heterocycles. The monoisotopic (exact) mass is 252 g/mol. The summed E-state index contributed by atoms with van der Waals surface area (Å²) in [7, 11) is 0. The van der Waals surface area contributed by atoms with E-state index in [0.717, 1.165) is 12.8 Å². The van der Waals surface area contributed by atoms with Gasteiger partial charge in [-0.15, -0.1) is 0 Å². The van der Waals surface area contributed by atoms with Gasteiger partial charge in [-0.3, -0.25) is 9.69 Å². The SMILES string of the molecule is CCCCNC(=O)C(C)N(CCO)CC(F)F. The number of halogens is 2. The number of carbonyl (C=O) groups is 1. The second-order valence-electron chi connectivity index (χ2n) is 3.93. The van der Waals surface area contributed by atoms with Crippen molar-refractivity contribution in [2.45, 2.75) is 39.2 Å². The summed E-state index contributed by atoms with van der Waals surface area (Å²) in [4.78, 5) is 12.9. The molecular formula is C11H22F2N2O2. The molecule has 0 aromatic rings. The fraction of sp³-hybridized carbons (Fsp3) is 0.909. The van der Waals surface area contributed by atoms with Crippen LogP contribution in [0.3, 0.4) is 0 Å². The first kappa shape index (κ1) is 16.2. The van der Waals surface area contributed by atoms with Crippen LogP contribution in [-0.2, 0) is 4.79 Å². The van der Waals surface area contributed by atoms with Crippen molar-refractivity contribution in [2.75, 3.05) is 26.2 Å². The third-order valence-electron chi connectivity index (χ3n) is 2.52. The number of unbranched alkanes of at least 4 members (excludes halogenated alkanes) is 1. The Kier molecular flexibility index (Phi) is 8.89. The fourth-order valence-electron chi connectivity index (χ4n) is 1.45. The van der Waals surface area contributed by atoms with Gasteiger partial charge in [-0.1, -0.05) is 13.3 Å². The maximum atomic E-state index is 12.3. The zero-order chi connectivity index (χ0) is 13.3. The molecule has 0 saturated carbocycles. The number of aliphatic hydroxyl groups is 1. The Morgan fingerprint density at radius 3 is 2.59 bits per heavy atom. The van der Waals surface area contributed by atoms with Crippen LogP contribution < -0.4 is 5.32 Å². The highest BCUT2D eigenvalue weighted by molar-refractivity contribution is 5.81. The number of carbonyl (C=O) groups excluding carboxylic acids is 1. The van der Waals surface area contributed by atoms with Gasteiger partial charge in [0.2, 0.25) is 5.91 Å². The molecule has 4 nitrogen and oxygen atoms in total. The van der Waals surface area contributed by atoms with E-state index in [1.807, 2.05) is 6.92 Å². The number of nitrogens with zero attached hydrogens (tertiary/aromatic N) is 1. The molecule has 0 heterocycles. The molecule has 1 amide bonds. The van der Waals surface area contributed by atoms with Crippen molar-refractivity contribution in [1.82, 2.24) is 10.2 Å². The molecular weight excluding hydrogens is 230 g/mol. The van der Waals surface area contributed by atoms with Crippen molar-refractivity contribution < 1.29 is 18.7 Å². The normalized spacial score (nSPS) is 13.1. The number of aliphatic hydroxyl groups excluding tert-OH is 1. The number of hydrogen-bond donors (Lipinski definition) is 2. The zero-order valence-corrected chi connectivity index (χ0v) is 10.5. The van der Waals surface area contributed by atoms with Gasteiger partial charge in [0.15, 0.2) is 0 Å². The van der Waals surface area contributed by atoms with Crippen LogP contribution in [-0.4, -0.2) is 54.6 Å². The Labute approximate surface area is 101 Å². The van der Waals surface area contributed by atoms with Gasteiger partial charge < -0.3 is 10.4 Å². The van der Waals surface area contributed by atoms with Crippen molar-refractivity contribution in [2.24, 2.45) is 0 Å². The summed E-state index contributed by atoms with van der Waals surface area (Å²) >= 11 is 0. The van der Waals surface area contributed by atoms with E-state index in [1.165, 1.54) is 4.90 Å². The fourth-order valence-corrected chi connectivity index (χ4v) is 1.45. The van der Waals surface area contributed by atoms with Crippen LogP contribution in [0.2, 0.25) is 0 Å². The molecule has 6 heteroatoms. The van der Waals surface area contributed by atoms with E-state index in [9.17, 15) is 13.6 Å². The van der Waals surface area contributed by atoms with Crippen molar-refractivity contribution >= 4 is 5.91 Å². The Morgan fingerprint density at radius 2 is 2.12 bits per heavy atom. The van der Waals surface area contributed by atoms with Crippen LogP contribution in [0.25, 0.3) is 0 Å². The number of amides is 1. The lowest BCUT2D eigenvalue weighted by molar-refractivity contribution is -0.126. The van der Waals surface area contributed by atoms with E-state index in [0.29, 0.717) is 6.54 Å². The van der Waals surface area contributed by atoms with Crippen LogP contribution in [0.15, 0.2) is 0 Å². The van der Waals surface area contributed by atoms with Gasteiger partial charge in [-0.25, -0.2) is 8.78 Å². The minimum Gasteiger partial charge on any atom is -0.395 e. The van der Waals surface area contributed by atoms with Crippen LogP contribution in [0, 0.1) is 0 Å². The second kappa shape index (κ2) is 9.30. The second-order valence-corrected chi connectivity index (χ2v) is 3.93. The summed E-state index contributed by atoms with van der Waals surface area (Å²) in [5, 5.41) is 11.5. The predicted molar refractivity (Wildman–Crippen MR) is 62.0 cm³/mol. The standard InChI is InChI=1S/C11H22F2N2O2/c1-3-4-5-14-11(17)9(2)15(6-7-16)8-10(12)13/h9-10,16H,3-8H2,1-2H3,(H,14,17). The van der Waals surface area contributed by atoms with Crippen molar-refractivity contribution in [3.63, 3.8) is 0 Å². The molecule has 1 atom stereocenters. The largest absolute Gasteiger partial charge is 0.395 e. The summed E-state index contributed by atoms with van der Waals surface area (Å²) in [6.45, 7) is 3.47. The summed E-state index contributed by atoms with van der Waals surface area (Å²) in [5.74, 6) is -0.271. The Balaban J connectivity index is 4.18. The van der Waals surface area contributed by atoms with Gasteiger partial charge >= 0.3 is 0 Å². The molecule has 17 heavy (non-hydrogen) atoms. The van der Waals surface area contributed by atoms with Crippen molar-refractivity contribution in [3.8, 4) is 0 Å².